The van der Waals surface area contributed by atoms with Crippen LogP contribution in [0.25, 0.3) is 0 Å². The van der Waals surface area contributed by atoms with Gasteiger partial charge < -0.3 is 9.64 Å². The number of H-pyrrole nitrogens is 1. The highest BCUT2D eigenvalue weighted by atomic mass is 16.5. The number of rotatable bonds is 3. The topological polar surface area (TPSA) is 92.4 Å². The summed E-state index contributed by atoms with van der Waals surface area (Å²) in [4.78, 5) is 37.1. The summed E-state index contributed by atoms with van der Waals surface area (Å²) in [6, 6.07) is 0. The Morgan fingerprint density at radius 2 is 2.35 bits per heavy atom. The molecule has 0 bridgehead atoms. The van der Waals surface area contributed by atoms with Crippen LogP contribution in [-0.2, 0) is 9.53 Å². The predicted molar refractivity (Wildman–Crippen MR) is 70.1 cm³/mol. The fourth-order valence-electron chi connectivity index (χ4n) is 2.29. The van der Waals surface area contributed by atoms with Gasteiger partial charge in [0.25, 0.3) is 5.91 Å². The van der Waals surface area contributed by atoms with Crippen LogP contribution in [0.3, 0.4) is 0 Å². The van der Waals surface area contributed by atoms with Crippen molar-refractivity contribution in [3.63, 3.8) is 0 Å². The molecule has 1 fully saturated rings. The monoisotopic (exact) mass is 279 g/mol. The van der Waals surface area contributed by atoms with Gasteiger partial charge in [-0.25, -0.2) is 0 Å². The third-order valence-corrected chi connectivity index (χ3v) is 3.29. The Bertz CT molecular complexity index is 555. The minimum absolute atomic E-state index is 0.0458. The molecule has 108 valence electrons. The fourth-order valence-corrected chi connectivity index (χ4v) is 2.29. The van der Waals surface area contributed by atoms with Crippen molar-refractivity contribution in [2.24, 2.45) is 5.92 Å². The zero-order valence-corrected chi connectivity index (χ0v) is 11.3. The summed E-state index contributed by atoms with van der Waals surface area (Å²) in [7, 11) is 0. The Kier molecular flexibility index (Phi) is 4.49. The van der Waals surface area contributed by atoms with E-state index >= 15 is 0 Å². The number of esters is 1. The Labute approximate surface area is 115 Å². The lowest BCUT2D eigenvalue weighted by atomic mass is 9.97. The number of aromatic nitrogens is 2. The molecule has 1 atom stereocenters. The number of hydrogen-bond acceptors (Lipinski definition) is 5. The molecule has 1 aromatic heterocycles. The van der Waals surface area contributed by atoms with Crippen LogP contribution in [0.5, 0.6) is 0 Å². The van der Waals surface area contributed by atoms with Gasteiger partial charge in [-0.3, -0.25) is 19.5 Å². The molecule has 0 spiro atoms. The highest BCUT2D eigenvalue weighted by Gasteiger charge is 2.30. The largest absolute Gasteiger partial charge is 0.466 e. The summed E-state index contributed by atoms with van der Waals surface area (Å²) >= 11 is 0. The third-order valence-electron chi connectivity index (χ3n) is 3.29. The van der Waals surface area contributed by atoms with Crippen LogP contribution < -0.4 is 5.43 Å². The molecule has 1 saturated heterocycles. The highest BCUT2D eigenvalue weighted by Crippen LogP contribution is 2.19. The van der Waals surface area contributed by atoms with Crippen molar-refractivity contribution >= 4 is 11.9 Å². The second-order valence-electron chi connectivity index (χ2n) is 4.65. The summed E-state index contributed by atoms with van der Waals surface area (Å²) in [6.07, 6.45) is 3.78. The molecule has 0 radical (unpaired) electrons. The van der Waals surface area contributed by atoms with Crippen LogP contribution in [-0.4, -0.2) is 46.7 Å². The average Bonchev–Trinajstić information content (AvgIpc) is 2.47. The van der Waals surface area contributed by atoms with E-state index in [1.165, 1.54) is 11.1 Å². The van der Waals surface area contributed by atoms with Gasteiger partial charge in [0.2, 0.25) is 5.43 Å². The maximum Gasteiger partial charge on any atom is 0.310 e. The Morgan fingerprint density at radius 1 is 1.55 bits per heavy atom. The maximum absolute atomic E-state index is 12.3. The number of carbonyl (C=O) groups is 2. The molecule has 0 aliphatic carbocycles. The van der Waals surface area contributed by atoms with Gasteiger partial charge in [-0.1, -0.05) is 0 Å². The molecular weight excluding hydrogens is 262 g/mol. The van der Waals surface area contributed by atoms with Crippen molar-refractivity contribution < 1.29 is 14.3 Å². The van der Waals surface area contributed by atoms with Crippen LogP contribution in [0, 0.1) is 5.92 Å². The molecule has 20 heavy (non-hydrogen) atoms. The average molecular weight is 279 g/mol. The van der Waals surface area contributed by atoms with Gasteiger partial charge in [-0.2, -0.15) is 5.10 Å². The first-order valence-corrected chi connectivity index (χ1v) is 6.62. The zero-order valence-electron chi connectivity index (χ0n) is 11.3. The number of amides is 1. The smallest absolute Gasteiger partial charge is 0.310 e. The maximum atomic E-state index is 12.3. The third kappa shape index (κ3) is 3.04. The summed E-state index contributed by atoms with van der Waals surface area (Å²) in [5, 5.41) is 6.04. The first kappa shape index (κ1) is 14.2. The first-order valence-electron chi connectivity index (χ1n) is 6.62. The van der Waals surface area contributed by atoms with Crippen LogP contribution in [0.1, 0.15) is 30.1 Å². The van der Waals surface area contributed by atoms with Crippen LogP contribution >= 0.6 is 0 Å². The van der Waals surface area contributed by atoms with Gasteiger partial charge in [0.05, 0.1) is 18.7 Å². The molecule has 1 aromatic rings. The molecule has 2 rings (SSSR count). The molecule has 7 nitrogen and oxygen atoms in total. The van der Waals surface area contributed by atoms with E-state index in [0.717, 1.165) is 12.6 Å². The number of likely N-dealkylation sites (tertiary alicyclic amines) is 1. The summed E-state index contributed by atoms with van der Waals surface area (Å²) in [6.45, 7) is 2.91. The lowest BCUT2D eigenvalue weighted by molar-refractivity contribution is -0.149. The van der Waals surface area contributed by atoms with Crippen LogP contribution in [0.15, 0.2) is 17.2 Å². The van der Waals surface area contributed by atoms with E-state index in [-0.39, 0.29) is 23.4 Å². The van der Waals surface area contributed by atoms with E-state index < -0.39 is 5.43 Å². The van der Waals surface area contributed by atoms with Gasteiger partial charge in [0, 0.05) is 19.3 Å². The minimum Gasteiger partial charge on any atom is -0.466 e. The van der Waals surface area contributed by atoms with Crippen LogP contribution in [0.2, 0.25) is 0 Å². The quantitative estimate of drug-likeness (QED) is 0.797. The Hall–Kier alpha value is -2.18. The number of carbonyl (C=O) groups excluding carboxylic acids is 2. The number of piperidine rings is 1. The van der Waals surface area contributed by atoms with E-state index in [2.05, 4.69) is 10.2 Å². The second-order valence-corrected chi connectivity index (χ2v) is 4.65. The van der Waals surface area contributed by atoms with Crippen molar-refractivity contribution in [2.75, 3.05) is 19.7 Å². The fraction of sp³-hybridized carbons (Fsp3) is 0.538. The Morgan fingerprint density at radius 3 is 3.05 bits per heavy atom. The zero-order chi connectivity index (χ0) is 14.5. The van der Waals surface area contributed by atoms with Crippen molar-refractivity contribution in [1.29, 1.82) is 0 Å². The minimum atomic E-state index is -0.424. The normalized spacial score (nSPS) is 18.6. The highest BCUT2D eigenvalue weighted by molar-refractivity contribution is 5.94. The molecule has 1 amide bonds. The van der Waals surface area contributed by atoms with Gasteiger partial charge in [-0.05, 0) is 19.8 Å². The molecule has 1 aliphatic rings. The summed E-state index contributed by atoms with van der Waals surface area (Å²) in [5.41, 5.74) is -0.378. The number of aromatic amines is 1. The molecular formula is C13H17N3O4. The van der Waals surface area contributed by atoms with Crippen molar-refractivity contribution in [2.45, 2.75) is 19.8 Å². The molecule has 1 aliphatic heterocycles. The van der Waals surface area contributed by atoms with Gasteiger partial charge in [0.1, 0.15) is 5.56 Å². The molecule has 0 unspecified atom stereocenters. The number of hydrogen-bond donors (Lipinski definition) is 1. The van der Waals surface area contributed by atoms with E-state index in [4.69, 9.17) is 4.74 Å². The predicted octanol–water partition coefficient (Wildman–Crippen LogP) is 0.185. The SMILES string of the molecule is CCOC(=O)[C@@H]1CCCN(C(=O)c2c[nH]ncc2=O)C1. The lowest BCUT2D eigenvalue weighted by Gasteiger charge is -2.31. The second kappa shape index (κ2) is 6.31. The molecule has 1 N–H and O–H groups in total. The first-order chi connectivity index (χ1) is 9.63. The molecule has 7 heteroatoms. The number of nitrogens with one attached hydrogen (secondary N) is 1. The van der Waals surface area contributed by atoms with E-state index in [0.29, 0.717) is 26.1 Å². The lowest BCUT2D eigenvalue weighted by Crippen LogP contribution is -2.44. The summed E-state index contributed by atoms with van der Waals surface area (Å²) in [5.74, 6) is -0.968. The number of ether oxygens (including phenoxy) is 1. The van der Waals surface area contributed by atoms with Crippen molar-refractivity contribution in [3.8, 4) is 0 Å². The molecule has 0 saturated carbocycles. The molecule has 0 aromatic carbocycles. The number of nitrogens with zero attached hydrogens (tertiary/aromatic N) is 2. The van der Waals surface area contributed by atoms with Crippen LogP contribution in [0.4, 0.5) is 0 Å². The van der Waals surface area contributed by atoms with E-state index in [1.807, 2.05) is 0 Å². The van der Waals surface area contributed by atoms with Gasteiger partial charge >= 0.3 is 5.97 Å². The molecule has 2 heterocycles. The van der Waals surface area contributed by atoms with Crippen molar-refractivity contribution in [1.82, 2.24) is 15.1 Å². The Balaban J connectivity index is 2.09. The van der Waals surface area contributed by atoms with E-state index in [1.54, 1.807) is 6.92 Å². The standard InChI is InChI=1S/C13H17N3O4/c1-2-20-13(19)9-4-3-5-16(8-9)12(18)10-6-14-15-7-11(10)17/h6-7,9H,2-5,8H2,1H3,(H,14,17)/t9-/m1/s1. The van der Waals surface area contributed by atoms with Gasteiger partial charge in [-0.15, -0.1) is 0 Å². The van der Waals surface area contributed by atoms with Gasteiger partial charge in [0.15, 0.2) is 0 Å². The van der Waals surface area contributed by atoms with Crippen molar-refractivity contribution in [3.05, 3.63) is 28.2 Å². The summed E-state index contributed by atoms with van der Waals surface area (Å²) < 4.78 is 4.98. The van der Waals surface area contributed by atoms with E-state index in [9.17, 15) is 14.4 Å².